The third-order valence-corrected chi connectivity index (χ3v) is 2.67. The van der Waals surface area contributed by atoms with Crippen molar-refractivity contribution in [3.63, 3.8) is 0 Å². The van der Waals surface area contributed by atoms with Gasteiger partial charge in [-0.1, -0.05) is 18.5 Å². The standard InChI is InChI=1S/C13H17ClN2O3/c1-3-15-7-6-12(17)16-11-8-9(14)4-5-10(11)13(18)19-2/h4-5,8,15H,3,6-7H2,1-2H3,(H,16,17). The first-order chi connectivity index (χ1) is 9.08. The number of carbonyl (C=O) groups is 2. The summed E-state index contributed by atoms with van der Waals surface area (Å²) in [4.78, 5) is 23.3. The highest BCUT2D eigenvalue weighted by molar-refractivity contribution is 6.31. The molecule has 1 aromatic rings. The molecule has 0 saturated heterocycles. The van der Waals surface area contributed by atoms with Crippen LogP contribution in [-0.2, 0) is 9.53 Å². The van der Waals surface area contributed by atoms with Crippen LogP contribution in [0.5, 0.6) is 0 Å². The fraction of sp³-hybridized carbons (Fsp3) is 0.385. The summed E-state index contributed by atoms with van der Waals surface area (Å²) in [6.45, 7) is 3.35. The second kappa shape index (κ2) is 7.76. The van der Waals surface area contributed by atoms with Crippen molar-refractivity contribution in [2.24, 2.45) is 0 Å². The minimum atomic E-state index is -0.515. The number of hydrogen-bond acceptors (Lipinski definition) is 4. The van der Waals surface area contributed by atoms with Crippen LogP contribution in [0.1, 0.15) is 23.7 Å². The monoisotopic (exact) mass is 284 g/mol. The Morgan fingerprint density at radius 1 is 1.37 bits per heavy atom. The van der Waals surface area contributed by atoms with Crippen molar-refractivity contribution in [1.29, 1.82) is 0 Å². The molecule has 0 spiro atoms. The molecule has 0 aliphatic carbocycles. The van der Waals surface area contributed by atoms with E-state index in [1.807, 2.05) is 6.92 Å². The summed E-state index contributed by atoms with van der Waals surface area (Å²) in [6, 6.07) is 4.62. The maximum Gasteiger partial charge on any atom is 0.339 e. The fourth-order valence-electron chi connectivity index (χ4n) is 1.50. The molecule has 6 heteroatoms. The van der Waals surface area contributed by atoms with Gasteiger partial charge in [0.1, 0.15) is 0 Å². The number of rotatable bonds is 6. The summed E-state index contributed by atoms with van der Waals surface area (Å²) in [5.74, 6) is -0.702. The van der Waals surface area contributed by atoms with Gasteiger partial charge in [0.25, 0.3) is 0 Å². The lowest BCUT2D eigenvalue weighted by atomic mass is 10.1. The van der Waals surface area contributed by atoms with Crippen LogP contribution in [-0.4, -0.2) is 32.1 Å². The highest BCUT2D eigenvalue weighted by Gasteiger charge is 2.14. The van der Waals surface area contributed by atoms with Gasteiger partial charge >= 0.3 is 5.97 Å². The van der Waals surface area contributed by atoms with Crippen molar-refractivity contribution in [3.8, 4) is 0 Å². The average molecular weight is 285 g/mol. The number of esters is 1. The van der Waals surface area contributed by atoms with Crippen molar-refractivity contribution in [2.75, 3.05) is 25.5 Å². The van der Waals surface area contributed by atoms with Crippen LogP contribution in [0.2, 0.25) is 5.02 Å². The topological polar surface area (TPSA) is 67.4 Å². The van der Waals surface area contributed by atoms with E-state index in [9.17, 15) is 9.59 Å². The first kappa shape index (κ1) is 15.5. The molecule has 0 radical (unpaired) electrons. The van der Waals surface area contributed by atoms with E-state index in [4.69, 9.17) is 11.6 Å². The Morgan fingerprint density at radius 3 is 2.74 bits per heavy atom. The highest BCUT2D eigenvalue weighted by Crippen LogP contribution is 2.22. The Balaban J connectivity index is 2.78. The van der Waals surface area contributed by atoms with Crippen molar-refractivity contribution < 1.29 is 14.3 Å². The second-order valence-corrected chi connectivity index (χ2v) is 4.27. The Bertz CT molecular complexity index is 463. The largest absolute Gasteiger partial charge is 0.465 e. The molecule has 0 heterocycles. The van der Waals surface area contributed by atoms with Crippen molar-refractivity contribution in [3.05, 3.63) is 28.8 Å². The van der Waals surface area contributed by atoms with Gasteiger partial charge in [-0.05, 0) is 24.7 Å². The van der Waals surface area contributed by atoms with Gasteiger partial charge in [-0.25, -0.2) is 4.79 Å². The van der Waals surface area contributed by atoms with E-state index in [0.717, 1.165) is 6.54 Å². The number of anilines is 1. The lowest BCUT2D eigenvalue weighted by molar-refractivity contribution is -0.116. The SMILES string of the molecule is CCNCCC(=O)Nc1cc(Cl)ccc1C(=O)OC. The first-order valence-electron chi connectivity index (χ1n) is 5.97. The van der Waals surface area contributed by atoms with E-state index in [0.29, 0.717) is 23.7 Å². The molecule has 19 heavy (non-hydrogen) atoms. The number of carbonyl (C=O) groups excluding carboxylic acids is 2. The zero-order valence-electron chi connectivity index (χ0n) is 11.0. The normalized spacial score (nSPS) is 10.1. The van der Waals surface area contributed by atoms with Crippen LogP contribution in [0.3, 0.4) is 0 Å². The molecule has 0 aromatic heterocycles. The molecule has 1 aromatic carbocycles. The zero-order valence-corrected chi connectivity index (χ0v) is 11.7. The molecular weight excluding hydrogens is 268 g/mol. The predicted octanol–water partition coefficient (Wildman–Crippen LogP) is 2.06. The minimum Gasteiger partial charge on any atom is -0.465 e. The molecule has 0 fully saturated rings. The van der Waals surface area contributed by atoms with Gasteiger partial charge in [0.2, 0.25) is 5.91 Å². The molecule has 0 atom stereocenters. The Labute approximate surface area is 117 Å². The van der Waals surface area contributed by atoms with Crippen molar-refractivity contribution in [1.82, 2.24) is 5.32 Å². The second-order valence-electron chi connectivity index (χ2n) is 3.83. The summed E-state index contributed by atoms with van der Waals surface area (Å²) >= 11 is 5.86. The smallest absolute Gasteiger partial charge is 0.339 e. The number of hydrogen-bond donors (Lipinski definition) is 2. The van der Waals surface area contributed by atoms with Gasteiger partial charge in [0.05, 0.1) is 18.4 Å². The molecule has 104 valence electrons. The van der Waals surface area contributed by atoms with Crippen LogP contribution in [0.25, 0.3) is 0 Å². The van der Waals surface area contributed by atoms with Crippen LogP contribution < -0.4 is 10.6 Å². The van der Waals surface area contributed by atoms with E-state index >= 15 is 0 Å². The van der Waals surface area contributed by atoms with E-state index in [2.05, 4.69) is 15.4 Å². The summed E-state index contributed by atoms with van der Waals surface area (Å²) in [6.07, 6.45) is 0.320. The van der Waals surface area contributed by atoms with Crippen LogP contribution in [0, 0.1) is 0 Å². The molecule has 0 unspecified atom stereocenters. The van der Waals surface area contributed by atoms with Crippen molar-refractivity contribution >= 4 is 29.2 Å². The van der Waals surface area contributed by atoms with Crippen LogP contribution in [0.4, 0.5) is 5.69 Å². The fourth-order valence-corrected chi connectivity index (χ4v) is 1.67. The van der Waals surface area contributed by atoms with Gasteiger partial charge in [-0.15, -0.1) is 0 Å². The molecule has 0 bridgehead atoms. The Hall–Kier alpha value is -1.59. The van der Waals surface area contributed by atoms with Gasteiger partial charge in [0.15, 0.2) is 0 Å². The summed E-state index contributed by atoms with van der Waals surface area (Å²) in [5, 5.41) is 6.15. The highest BCUT2D eigenvalue weighted by atomic mass is 35.5. The van der Waals surface area contributed by atoms with Gasteiger partial charge < -0.3 is 15.4 Å². The van der Waals surface area contributed by atoms with Gasteiger partial charge in [-0.3, -0.25) is 4.79 Å². The summed E-state index contributed by atoms with van der Waals surface area (Å²) in [5.41, 5.74) is 0.643. The number of methoxy groups -OCH3 is 1. The van der Waals surface area contributed by atoms with Gasteiger partial charge in [0, 0.05) is 18.0 Å². The summed E-state index contributed by atoms with van der Waals surface area (Å²) in [7, 11) is 1.29. The zero-order chi connectivity index (χ0) is 14.3. The molecule has 0 aliphatic heterocycles. The van der Waals surface area contributed by atoms with Crippen LogP contribution in [0.15, 0.2) is 18.2 Å². The van der Waals surface area contributed by atoms with E-state index in [1.165, 1.54) is 19.2 Å². The number of ether oxygens (including phenoxy) is 1. The van der Waals surface area contributed by atoms with Gasteiger partial charge in [-0.2, -0.15) is 0 Å². The lowest BCUT2D eigenvalue weighted by Gasteiger charge is -2.10. The molecular formula is C13H17ClN2O3. The Kier molecular flexibility index (Phi) is 6.32. The van der Waals surface area contributed by atoms with Crippen molar-refractivity contribution in [2.45, 2.75) is 13.3 Å². The molecule has 5 nitrogen and oxygen atoms in total. The molecule has 0 saturated carbocycles. The number of nitrogens with one attached hydrogen (secondary N) is 2. The Morgan fingerprint density at radius 2 is 2.11 bits per heavy atom. The predicted molar refractivity (Wildman–Crippen MR) is 74.6 cm³/mol. The number of benzene rings is 1. The van der Waals surface area contributed by atoms with E-state index in [-0.39, 0.29) is 11.5 Å². The maximum atomic E-state index is 11.7. The molecule has 0 aliphatic rings. The number of halogens is 1. The molecule has 2 N–H and O–H groups in total. The molecule has 1 rings (SSSR count). The number of amides is 1. The lowest BCUT2D eigenvalue weighted by Crippen LogP contribution is -2.22. The quantitative estimate of drug-likeness (QED) is 0.620. The first-order valence-corrected chi connectivity index (χ1v) is 6.34. The molecule has 1 amide bonds. The van der Waals surface area contributed by atoms with E-state index < -0.39 is 5.97 Å². The maximum absolute atomic E-state index is 11.7. The third kappa shape index (κ3) is 4.89. The van der Waals surface area contributed by atoms with E-state index in [1.54, 1.807) is 6.07 Å². The van der Waals surface area contributed by atoms with Crippen LogP contribution >= 0.6 is 11.6 Å². The third-order valence-electron chi connectivity index (χ3n) is 2.44. The average Bonchev–Trinajstić information content (AvgIpc) is 2.38. The minimum absolute atomic E-state index is 0.187. The summed E-state index contributed by atoms with van der Waals surface area (Å²) < 4.78 is 4.65.